The van der Waals surface area contributed by atoms with E-state index in [1.807, 2.05) is 4.90 Å². The van der Waals surface area contributed by atoms with Gasteiger partial charge >= 0.3 is 24.1 Å². The normalized spacial score (nSPS) is 14.2. The first kappa shape index (κ1) is 27.0. The summed E-state index contributed by atoms with van der Waals surface area (Å²) in [6, 6.07) is 3.18. The molecule has 0 saturated carbocycles. The van der Waals surface area contributed by atoms with Gasteiger partial charge in [0.05, 0.1) is 42.7 Å². The van der Waals surface area contributed by atoms with Crippen molar-refractivity contribution in [3.05, 3.63) is 35.5 Å². The van der Waals surface area contributed by atoms with Gasteiger partial charge in [-0.25, -0.2) is 9.59 Å². The molecular weight excluding hydrogens is 457 g/mol. The maximum absolute atomic E-state index is 13.4. The molecule has 0 spiro atoms. The Labute approximate surface area is 196 Å². The van der Waals surface area contributed by atoms with Gasteiger partial charge < -0.3 is 24.4 Å². The van der Waals surface area contributed by atoms with Crippen molar-refractivity contribution in [3.8, 4) is 0 Å². The number of nitrogens with zero attached hydrogens (tertiary/aromatic N) is 1. The fraction of sp³-hybridized carbons (Fsp3) is 0.522. The van der Waals surface area contributed by atoms with E-state index in [9.17, 15) is 27.6 Å². The second kappa shape index (κ2) is 12.3. The lowest BCUT2D eigenvalue weighted by Crippen LogP contribution is -2.37. The summed E-state index contributed by atoms with van der Waals surface area (Å²) >= 11 is 0. The number of carbonyl (C=O) groups excluding carboxylic acids is 3. The Hall–Kier alpha value is -3.24. The van der Waals surface area contributed by atoms with E-state index >= 15 is 0 Å². The Kier molecular flexibility index (Phi) is 9.76. The van der Waals surface area contributed by atoms with Crippen molar-refractivity contribution in [2.24, 2.45) is 5.92 Å². The van der Waals surface area contributed by atoms with Gasteiger partial charge in [0.2, 0.25) is 0 Å². The van der Waals surface area contributed by atoms with Gasteiger partial charge in [-0.05, 0) is 51.8 Å². The van der Waals surface area contributed by atoms with Gasteiger partial charge in [0.15, 0.2) is 5.57 Å². The lowest BCUT2D eigenvalue weighted by molar-refractivity contribution is -0.149. The van der Waals surface area contributed by atoms with Crippen molar-refractivity contribution in [2.75, 3.05) is 43.1 Å². The summed E-state index contributed by atoms with van der Waals surface area (Å²) < 4.78 is 54.8. The maximum atomic E-state index is 13.4. The zero-order chi connectivity index (χ0) is 25.3. The number of piperidine rings is 1. The first-order valence-electron chi connectivity index (χ1n) is 11.1. The molecule has 0 radical (unpaired) electrons. The number of ether oxygens (including phenoxy) is 3. The smallest absolute Gasteiger partial charge is 0.416 e. The molecule has 1 saturated heterocycles. The van der Waals surface area contributed by atoms with Gasteiger partial charge in [-0.2, -0.15) is 13.2 Å². The lowest BCUT2D eigenvalue weighted by Gasteiger charge is -2.34. The predicted molar refractivity (Wildman–Crippen MR) is 118 cm³/mol. The number of hydrogen-bond acceptors (Lipinski definition) is 8. The molecule has 1 aliphatic rings. The molecule has 1 N–H and O–H groups in total. The molecular formula is C23H29F3N2O6. The Morgan fingerprint density at radius 1 is 1.00 bits per heavy atom. The van der Waals surface area contributed by atoms with Crippen LogP contribution in [0.5, 0.6) is 0 Å². The molecule has 0 amide bonds. The summed E-state index contributed by atoms with van der Waals surface area (Å²) in [5, 5.41) is 2.66. The van der Waals surface area contributed by atoms with Crippen molar-refractivity contribution in [3.63, 3.8) is 0 Å². The number of halogens is 3. The van der Waals surface area contributed by atoms with Crippen LogP contribution in [0.2, 0.25) is 0 Å². The summed E-state index contributed by atoms with van der Waals surface area (Å²) in [4.78, 5) is 38.2. The topological polar surface area (TPSA) is 94.2 Å². The second-order valence-corrected chi connectivity index (χ2v) is 7.39. The molecule has 8 nitrogen and oxygen atoms in total. The SMILES string of the molecule is CCOC(=O)C(=CNc1cc(C(F)(F)F)ccc1N1CCC(C(=O)OCC)CC1)C(=O)OCC. The first-order chi connectivity index (χ1) is 16.1. The maximum Gasteiger partial charge on any atom is 0.416 e. The van der Waals surface area contributed by atoms with Crippen molar-refractivity contribution in [1.29, 1.82) is 0 Å². The summed E-state index contributed by atoms with van der Waals surface area (Å²) in [7, 11) is 0. The summed E-state index contributed by atoms with van der Waals surface area (Å²) in [6.07, 6.45) is -2.65. The van der Waals surface area contributed by atoms with Gasteiger partial charge in [-0.15, -0.1) is 0 Å². The lowest BCUT2D eigenvalue weighted by atomic mass is 9.96. The van der Waals surface area contributed by atoms with E-state index in [0.29, 0.717) is 31.6 Å². The fourth-order valence-electron chi connectivity index (χ4n) is 3.49. The summed E-state index contributed by atoms with van der Waals surface area (Å²) in [5.41, 5.74) is -0.912. The third-order valence-electron chi connectivity index (χ3n) is 5.14. The van der Waals surface area contributed by atoms with Crippen LogP contribution in [0.4, 0.5) is 24.5 Å². The third-order valence-corrected chi connectivity index (χ3v) is 5.14. The molecule has 0 aromatic heterocycles. The van der Waals surface area contributed by atoms with E-state index in [0.717, 1.165) is 18.3 Å². The zero-order valence-electron chi connectivity index (χ0n) is 19.4. The minimum atomic E-state index is -4.60. The first-order valence-corrected chi connectivity index (χ1v) is 11.1. The van der Waals surface area contributed by atoms with Gasteiger partial charge in [-0.3, -0.25) is 4.79 Å². The van der Waals surface area contributed by atoms with E-state index in [1.54, 1.807) is 20.8 Å². The Morgan fingerprint density at radius 2 is 1.56 bits per heavy atom. The molecule has 0 bridgehead atoms. The van der Waals surface area contributed by atoms with Crippen LogP contribution in [-0.2, 0) is 34.8 Å². The standard InChI is InChI=1S/C23H29F3N2O6/c1-4-32-20(29)15-9-11-28(12-10-15)19-8-7-16(23(24,25)26)13-18(19)27-14-17(21(30)33-5-2)22(31)34-6-3/h7-8,13-15,27H,4-6,9-12H2,1-3H3. The number of hydrogen-bond donors (Lipinski definition) is 1. The van der Waals surface area contributed by atoms with Crippen molar-refractivity contribution in [2.45, 2.75) is 39.8 Å². The zero-order valence-corrected chi connectivity index (χ0v) is 19.4. The number of alkyl halides is 3. The summed E-state index contributed by atoms with van der Waals surface area (Å²) in [6.45, 7) is 5.94. The number of carbonyl (C=O) groups is 3. The van der Waals surface area contributed by atoms with Gasteiger partial charge in [0.1, 0.15) is 0 Å². The molecule has 0 aliphatic carbocycles. The molecule has 1 aliphatic heterocycles. The number of anilines is 2. The number of esters is 3. The molecule has 34 heavy (non-hydrogen) atoms. The van der Waals surface area contributed by atoms with E-state index in [2.05, 4.69) is 5.32 Å². The largest absolute Gasteiger partial charge is 0.466 e. The van der Waals surface area contributed by atoms with Crippen molar-refractivity contribution >= 4 is 29.3 Å². The molecule has 11 heteroatoms. The molecule has 1 fully saturated rings. The molecule has 0 atom stereocenters. The highest BCUT2D eigenvalue weighted by molar-refractivity contribution is 6.14. The van der Waals surface area contributed by atoms with Gasteiger partial charge in [0.25, 0.3) is 0 Å². The highest BCUT2D eigenvalue weighted by Gasteiger charge is 2.33. The molecule has 1 heterocycles. The monoisotopic (exact) mass is 486 g/mol. The van der Waals surface area contributed by atoms with E-state index in [-0.39, 0.29) is 37.4 Å². The van der Waals surface area contributed by atoms with Crippen molar-refractivity contribution < 1.29 is 41.8 Å². The van der Waals surface area contributed by atoms with Gasteiger partial charge in [0, 0.05) is 19.3 Å². The highest BCUT2D eigenvalue weighted by atomic mass is 19.4. The van der Waals surface area contributed by atoms with Crippen molar-refractivity contribution in [1.82, 2.24) is 0 Å². The Bertz CT molecular complexity index is 888. The van der Waals surface area contributed by atoms with E-state index in [1.165, 1.54) is 6.07 Å². The Morgan fingerprint density at radius 3 is 2.06 bits per heavy atom. The van der Waals surface area contributed by atoms with Crippen LogP contribution < -0.4 is 10.2 Å². The highest BCUT2D eigenvalue weighted by Crippen LogP contribution is 2.37. The van der Waals surface area contributed by atoms with E-state index < -0.39 is 29.3 Å². The van der Waals surface area contributed by atoms with Crippen LogP contribution in [0, 0.1) is 5.92 Å². The minimum Gasteiger partial charge on any atom is -0.466 e. The van der Waals surface area contributed by atoms with Crippen LogP contribution in [0.1, 0.15) is 39.2 Å². The molecule has 1 aromatic rings. The molecule has 2 rings (SSSR count). The predicted octanol–water partition coefficient (Wildman–Crippen LogP) is 3.91. The van der Waals surface area contributed by atoms with Crippen LogP contribution in [0.25, 0.3) is 0 Å². The number of benzene rings is 1. The summed E-state index contributed by atoms with van der Waals surface area (Å²) in [5.74, 6) is -2.49. The third kappa shape index (κ3) is 7.13. The molecule has 1 aromatic carbocycles. The minimum absolute atomic E-state index is 0.000201. The number of nitrogens with one attached hydrogen (secondary N) is 1. The molecule has 0 unspecified atom stereocenters. The average molecular weight is 486 g/mol. The number of rotatable bonds is 9. The Balaban J connectivity index is 2.35. The van der Waals surface area contributed by atoms with Crippen LogP contribution >= 0.6 is 0 Å². The molecule has 188 valence electrons. The van der Waals surface area contributed by atoms with Crippen LogP contribution in [0.15, 0.2) is 30.0 Å². The van der Waals surface area contributed by atoms with Gasteiger partial charge in [-0.1, -0.05) is 0 Å². The van der Waals surface area contributed by atoms with E-state index in [4.69, 9.17) is 14.2 Å². The fourth-order valence-corrected chi connectivity index (χ4v) is 3.49. The quantitative estimate of drug-likeness (QED) is 0.185. The van der Waals surface area contributed by atoms with Crippen LogP contribution in [0.3, 0.4) is 0 Å². The van der Waals surface area contributed by atoms with Crippen LogP contribution in [-0.4, -0.2) is 50.8 Å². The average Bonchev–Trinajstić information content (AvgIpc) is 2.79. The second-order valence-electron chi connectivity index (χ2n) is 7.39.